The van der Waals surface area contributed by atoms with E-state index in [0.29, 0.717) is 27.2 Å². The number of hydrogen-bond acceptors (Lipinski definition) is 6. The number of anilines is 1. The molecule has 1 aliphatic rings. The fourth-order valence-corrected chi connectivity index (χ4v) is 4.11. The van der Waals surface area contributed by atoms with Crippen molar-refractivity contribution in [1.82, 2.24) is 4.90 Å². The Kier molecular flexibility index (Phi) is 7.39. The zero-order valence-electron chi connectivity index (χ0n) is 16.4. The normalized spacial score (nSPS) is 14.5. The molecule has 1 N–H and O–H groups in total. The van der Waals surface area contributed by atoms with E-state index < -0.39 is 11.1 Å². The minimum Gasteiger partial charge on any atom is -0.493 e. The van der Waals surface area contributed by atoms with Gasteiger partial charge in [-0.25, -0.2) is 0 Å². The molecule has 1 heterocycles. The molecule has 158 valence electrons. The minimum atomic E-state index is -0.444. The van der Waals surface area contributed by atoms with Gasteiger partial charge in [-0.05, 0) is 63.6 Å². The van der Waals surface area contributed by atoms with Crippen molar-refractivity contribution in [3.05, 3.63) is 57.4 Å². The number of nitrogens with one attached hydrogen (secondary N) is 1. The molecule has 1 saturated heterocycles. The number of ether oxygens (including phenoxy) is 2. The van der Waals surface area contributed by atoms with Gasteiger partial charge in [-0.2, -0.15) is 0 Å². The van der Waals surface area contributed by atoms with Gasteiger partial charge in [0.1, 0.15) is 0 Å². The first kappa shape index (κ1) is 22.5. The molecule has 31 heavy (non-hydrogen) atoms. The number of para-hydroxylation sites is 1. The summed E-state index contributed by atoms with van der Waals surface area (Å²) in [5.41, 5.74) is 1.27. The highest BCUT2D eigenvalue weighted by molar-refractivity contribution is 9.10. The second kappa shape index (κ2) is 10.2. The van der Waals surface area contributed by atoms with Crippen molar-refractivity contribution < 1.29 is 23.9 Å². The standard InChI is InChI=1S/C22H17BrN2O5S/c1-3-9-25-21(27)18(31-22(25)28)12-14-10-16(23)20(17(11-14)29-2)30-13-19(26)24-15-7-5-4-6-8-15/h1,4-8,10-12H,9,13H2,2H3,(H,24,26)/b18-12+. The molecule has 2 aromatic rings. The van der Waals surface area contributed by atoms with Crippen LogP contribution in [0.1, 0.15) is 5.56 Å². The van der Waals surface area contributed by atoms with E-state index in [-0.39, 0.29) is 24.0 Å². The largest absolute Gasteiger partial charge is 0.493 e. The van der Waals surface area contributed by atoms with Gasteiger partial charge in [-0.15, -0.1) is 6.42 Å². The van der Waals surface area contributed by atoms with Crippen molar-refractivity contribution in [3.8, 4) is 23.8 Å². The maximum absolute atomic E-state index is 12.4. The van der Waals surface area contributed by atoms with Crippen LogP contribution in [0.25, 0.3) is 6.08 Å². The number of methoxy groups -OCH3 is 1. The highest BCUT2D eigenvalue weighted by Crippen LogP contribution is 2.39. The third-order valence-corrected chi connectivity index (χ3v) is 5.57. The van der Waals surface area contributed by atoms with Crippen LogP contribution in [-0.2, 0) is 9.59 Å². The van der Waals surface area contributed by atoms with Crippen LogP contribution in [0, 0.1) is 12.3 Å². The Labute approximate surface area is 191 Å². The summed E-state index contributed by atoms with van der Waals surface area (Å²) in [6.07, 6.45) is 6.78. The molecule has 1 aliphatic heterocycles. The van der Waals surface area contributed by atoms with E-state index in [1.165, 1.54) is 7.11 Å². The van der Waals surface area contributed by atoms with Crippen LogP contribution >= 0.6 is 27.7 Å². The molecule has 0 atom stereocenters. The SMILES string of the molecule is C#CCN1C(=O)S/C(=C/c2cc(Br)c(OCC(=O)Nc3ccccc3)c(OC)c2)C1=O. The monoisotopic (exact) mass is 500 g/mol. The number of amides is 3. The van der Waals surface area contributed by atoms with E-state index >= 15 is 0 Å². The van der Waals surface area contributed by atoms with E-state index in [2.05, 4.69) is 27.2 Å². The van der Waals surface area contributed by atoms with Gasteiger partial charge in [0.15, 0.2) is 18.1 Å². The summed E-state index contributed by atoms with van der Waals surface area (Å²) in [7, 11) is 1.46. The first-order chi connectivity index (χ1) is 14.9. The van der Waals surface area contributed by atoms with E-state index in [0.717, 1.165) is 16.7 Å². The lowest BCUT2D eigenvalue weighted by atomic mass is 10.2. The number of hydrogen-bond donors (Lipinski definition) is 1. The van der Waals surface area contributed by atoms with Crippen molar-refractivity contribution >= 4 is 56.5 Å². The van der Waals surface area contributed by atoms with E-state index in [1.807, 2.05) is 18.2 Å². The van der Waals surface area contributed by atoms with Crippen molar-refractivity contribution in [3.63, 3.8) is 0 Å². The summed E-state index contributed by atoms with van der Waals surface area (Å²) in [5, 5.41) is 2.32. The molecule has 2 aromatic carbocycles. The molecule has 0 aromatic heterocycles. The maximum atomic E-state index is 12.4. The van der Waals surface area contributed by atoms with E-state index in [9.17, 15) is 14.4 Å². The Morgan fingerprint density at radius 3 is 2.71 bits per heavy atom. The molecule has 7 nitrogen and oxygen atoms in total. The molecule has 0 radical (unpaired) electrons. The Hall–Kier alpha value is -3.22. The van der Waals surface area contributed by atoms with Crippen molar-refractivity contribution in [2.24, 2.45) is 0 Å². The first-order valence-electron chi connectivity index (χ1n) is 8.97. The summed E-state index contributed by atoms with van der Waals surface area (Å²) in [4.78, 5) is 37.7. The summed E-state index contributed by atoms with van der Waals surface area (Å²) < 4.78 is 11.5. The van der Waals surface area contributed by atoms with Crippen molar-refractivity contribution in [2.75, 3.05) is 25.6 Å². The summed E-state index contributed by atoms with van der Waals surface area (Å²) in [6, 6.07) is 12.4. The Balaban J connectivity index is 1.75. The fraction of sp³-hybridized carbons (Fsp3) is 0.136. The molecule has 0 bridgehead atoms. The minimum absolute atomic E-state index is 0.0765. The van der Waals surface area contributed by atoms with E-state index in [1.54, 1.807) is 30.3 Å². The molecule has 3 amide bonds. The molecular formula is C22H17BrN2O5S. The number of carbonyl (C=O) groups is 3. The number of halogens is 1. The molecule has 0 spiro atoms. The number of nitrogens with zero attached hydrogens (tertiary/aromatic N) is 1. The quantitative estimate of drug-likeness (QED) is 0.454. The number of terminal acetylenes is 1. The van der Waals surface area contributed by atoms with Gasteiger partial charge in [0.05, 0.1) is 23.0 Å². The summed E-state index contributed by atoms with van der Waals surface area (Å²) in [6.45, 7) is -0.305. The van der Waals surface area contributed by atoms with Gasteiger partial charge in [0.2, 0.25) is 0 Å². The zero-order chi connectivity index (χ0) is 22.4. The lowest BCUT2D eigenvalue weighted by Crippen LogP contribution is -2.28. The van der Waals surface area contributed by atoms with Gasteiger partial charge >= 0.3 is 0 Å². The summed E-state index contributed by atoms with van der Waals surface area (Å²) >= 11 is 4.23. The van der Waals surface area contributed by atoms with Gasteiger partial charge < -0.3 is 14.8 Å². The molecule has 3 rings (SSSR count). The van der Waals surface area contributed by atoms with Crippen LogP contribution in [0.2, 0.25) is 0 Å². The van der Waals surface area contributed by atoms with Gasteiger partial charge in [-0.1, -0.05) is 24.1 Å². The summed E-state index contributed by atoms with van der Waals surface area (Å²) in [5.74, 6) is 2.22. The molecular weight excluding hydrogens is 484 g/mol. The number of carbonyl (C=O) groups excluding carboxylic acids is 3. The highest BCUT2D eigenvalue weighted by Gasteiger charge is 2.34. The fourth-order valence-electron chi connectivity index (χ4n) is 2.70. The first-order valence-corrected chi connectivity index (χ1v) is 10.6. The van der Waals surface area contributed by atoms with Gasteiger partial charge in [0, 0.05) is 5.69 Å². The lowest BCUT2D eigenvalue weighted by Gasteiger charge is -2.14. The second-order valence-corrected chi connectivity index (χ2v) is 8.06. The zero-order valence-corrected chi connectivity index (χ0v) is 18.8. The molecule has 1 fully saturated rings. The Morgan fingerprint density at radius 1 is 1.29 bits per heavy atom. The molecule has 0 unspecified atom stereocenters. The third-order valence-electron chi connectivity index (χ3n) is 4.08. The number of benzene rings is 2. The average molecular weight is 501 g/mol. The van der Waals surface area contributed by atoms with Crippen molar-refractivity contribution in [2.45, 2.75) is 0 Å². The molecule has 9 heteroatoms. The predicted octanol–water partition coefficient (Wildman–Crippen LogP) is 4.14. The Morgan fingerprint density at radius 2 is 2.03 bits per heavy atom. The third kappa shape index (κ3) is 5.48. The number of rotatable bonds is 7. The van der Waals surface area contributed by atoms with Crippen LogP contribution in [0.5, 0.6) is 11.5 Å². The topological polar surface area (TPSA) is 84.9 Å². The average Bonchev–Trinajstić information content (AvgIpc) is 3.01. The predicted molar refractivity (Wildman–Crippen MR) is 123 cm³/mol. The highest BCUT2D eigenvalue weighted by atomic mass is 79.9. The van der Waals surface area contributed by atoms with Gasteiger partial charge in [0.25, 0.3) is 17.1 Å². The van der Waals surface area contributed by atoms with Gasteiger partial charge in [-0.3, -0.25) is 19.3 Å². The van der Waals surface area contributed by atoms with E-state index in [4.69, 9.17) is 15.9 Å². The lowest BCUT2D eigenvalue weighted by molar-refractivity contribution is -0.122. The van der Waals surface area contributed by atoms with Crippen LogP contribution < -0.4 is 14.8 Å². The van der Waals surface area contributed by atoms with Crippen molar-refractivity contribution in [1.29, 1.82) is 0 Å². The van der Waals surface area contributed by atoms with Crippen LogP contribution in [-0.4, -0.2) is 42.2 Å². The van der Waals surface area contributed by atoms with Crippen LogP contribution in [0.4, 0.5) is 10.5 Å². The Bertz CT molecular complexity index is 1100. The van der Waals surface area contributed by atoms with Crippen LogP contribution in [0.15, 0.2) is 51.8 Å². The second-order valence-electron chi connectivity index (χ2n) is 6.21. The molecule has 0 aliphatic carbocycles. The van der Waals surface area contributed by atoms with Crippen LogP contribution in [0.3, 0.4) is 0 Å². The molecule has 0 saturated carbocycles. The number of imide groups is 1. The smallest absolute Gasteiger partial charge is 0.294 e. The number of thioether (sulfide) groups is 1. The maximum Gasteiger partial charge on any atom is 0.294 e.